The Hall–Kier alpha value is -7.69. The highest BCUT2D eigenvalue weighted by Crippen LogP contribution is 2.26. The van der Waals surface area contributed by atoms with Crippen LogP contribution in [0.2, 0.25) is 0 Å². The third-order valence-corrected chi connectivity index (χ3v) is 15.6. The number of para-hydroxylation sites is 1. The number of ether oxygens (including phenoxy) is 3. The Bertz CT molecular complexity index is 2930. The van der Waals surface area contributed by atoms with Gasteiger partial charge >= 0.3 is 17.6 Å². The summed E-state index contributed by atoms with van der Waals surface area (Å²) in [6.45, 7) is 16.0. The van der Waals surface area contributed by atoms with Gasteiger partial charge in [-0.2, -0.15) is 0 Å². The van der Waals surface area contributed by atoms with Crippen LogP contribution in [0.25, 0.3) is 11.0 Å². The predicted octanol–water partition coefficient (Wildman–Crippen LogP) is 3.48. The molecular formula is C61H85N7O16. The van der Waals surface area contributed by atoms with Crippen molar-refractivity contribution in [1.82, 2.24) is 36.0 Å². The van der Waals surface area contributed by atoms with Gasteiger partial charge in [0.15, 0.2) is 11.9 Å². The molecule has 23 nitrogen and oxygen atoms in total. The zero-order valence-corrected chi connectivity index (χ0v) is 50.6. The van der Waals surface area contributed by atoms with Crippen LogP contribution in [0.1, 0.15) is 124 Å². The summed E-state index contributed by atoms with van der Waals surface area (Å²) in [7, 11) is 4.18. The highest BCUT2D eigenvalue weighted by atomic mass is 16.6. The van der Waals surface area contributed by atoms with E-state index in [-0.39, 0.29) is 55.2 Å². The number of aliphatic hydroxyl groups is 1. The second-order valence-corrected chi connectivity index (χ2v) is 23.3. The lowest BCUT2D eigenvalue weighted by molar-refractivity contribution is -0.163. The van der Waals surface area contributed by atoms with Crippen molar-refractivity contribution in [3.05, 3.63) is 76.1 Å². The lowest BCUT2D eigenvalue weighted by Gasteiger charge is -2.36. The summed E-state index contributed by atoms with van der Waals surface area (Å²) in [6.07, 6.45) is -4.61. The molecule has 0 aliphatic carbocycles. The zero-order chi connectivity index (χ0) is 62.4. The summed E-state index contributed by atoms with van der Waals surface area (Å²) in [5.41, 5.74) is -0.498. The van der Waals surface area contributed by atoms with Crippen molar-refractivity contribution in [3.63, 3.8) is 0 Å². The molecule has 2 fully saturated rings. The molecule has 23 heteroatoms. The lowest BCUT2D eigenvalue weighted by atomic mass is 9.91. The average Bonchev–Trinajstić information content (AvgIpc) is 4.12. The highest BCUT2D eigenvalue weighted by Gasteiger charge is 2.45. The number of fused-ring (bicyclic) bond motifs is 2. The minimum absolute atomic E-state index is 0.00767. The number of cyclic esters (lactones) is 2. The Balaban J connectivity index is 1.58. The quantitative estimate of drug-likeness (QED) is 0.0779. The van der Waals surface area contributed by atoms with E-state index < -0.39 is 150 Å². The summed E-state index contributed by atoms with van der Waals surface area (Å²) in [6, 6.07) is 6.41. The normalized spacial score (nSPS) is 24.4. The van der Waals surface area contributed by atoms with Crippen molar-refractivity contribution in [3.8, 4) is 5.75 Å². The number of ketones is 1. The van der Waals surface area contributed by atoms with Crippen LogP contribution in [-0.2, 0) is 59.0 Å². The van der Waals surface area contributed by atoms with Gasteiger partial charge in [0, 0.05) is 32.4 Å². The highest BCUT2D eigenvalue weighted by molar-refractivity contribution is 6.05. The summed E-state index contributed by atoms with van der Waals surface area (Å²) in [5.74, 6) is -11.1. The molecule has 84 heavy (non-hydrogen) atoms. The Morgan fingerprint density at radius 2 is 1.54 bits per heavy atom. The standard InChI is InChI=1S/C61H85N7O16/c1-14-35(8)50-46(69)30-49(71)84-53(34(6)7)52(72)36(9)54(73)63-42(26-32(2)3)58(77)68-25-17-19-43(68)59(78)67(12)45(28-38-21-23-40(81-13)24-22-38)61(80)82-37(10)51(57(76)64-50)65-56(75)44(27-33(4)5)66(11)48(70)31-62-55(74)41-29-39-18-15-16-20-47(39)83-60(41)79/h15-16,18,20-24,29,32-37,42-46,50-51,53,69H,14,17,19,25-28,30-31H2,1-13H3,(H,62,74)(H,63,73)(H,64,76)(H,65,75)/t35-,36-,37-,42+,43-,44+,45-,46+,50+,51-,53+/m0/s1. The van der Waals surface area contributed by atoms with E-state index in [2.05, 4.69) is 21.3 Å². The second-order valence-electron chi connectivity index (χ2n) is 23.3. The van der Waals surface area contributed by atoms with Gasteiger partial charge in [-0.15, -0.1) is 0 Å². The van der Waals surface area contributed by atoms with Gasteiger partial charge in [0.05, 0.1) is 38.1 Å². The van der Waals surface area contributed by atoms with Crippen LogP contribution in [0.5, 0.6) is 5.75 Å². The largest absolute Gasteiger partial charge is 0.497 e. The first-order chi connectivity index (χ1) is 39.6. The Labute approximate surface area is 490 Å². The van der Waals surface area contributed by atoms with Gasteiger partial charge in [-0.3, -0.25) is 43.2 Å². The molecule has 5 N–H and O–H groups in total. The van der Waals surface area contributed by atoms with Gasteiger partial charge in [-0.25, -0.2) is 9.59 Å². The molecule has 3 heterocycles. The molecule has 0 spiro atoms. The average molecular weight is 1170 g/mol. The van der Waals surface area contributed by atoms with Gasteiger partial charge in [0.1, 0.15) is 53.2 Å². The van der Waals surface area contributed by atoms with Gasteiger partial charge in [-0.1, -0.05) is 92.1 Å². The maximum Gasteiger partial charge on any atom is 0.349 e. The number of rotatable bonds is 16. The van der Waals surface area contributed by atoms with E-state index in [1.54, 1.807) is 90.1 Å². The number of Topliss-reactive ketones (excluding diaryl/α,β-unsaturated/α-hetero) is 1. The van der Waals surface area contributed by atoms with Crippen molar-refractivity contribution in [1.29, 1.82) is 0 Å². The van der Waals surface area contributed by atoms with Crippen molar-refractivity contribution in [2.75, 3.05) is 34.3 Å². The summed E-state index contributed by atoms with van der Waals surface area (Å²) >= 11 is 0. The second kappa shape index (κ2) is 30.2. The molecule has 11 atom stereocenters. The minimum Gasteiger partial charge on any atom is -0.497 e. The number of carbonyl (C=O) groups is 10. The monoisotopic (exact) mass is 1170 g/mol. The fourth-order valence-corrected chi connectivity index (χ4v) is 10.4. The van der Waals surface area contributed by atoms with E-state index in [1.165, 1.54) is 50.9 Å². The molecule has 1 aromatic heterocycles. The van der Waals surface area contributed by atoms with Gasteiger partial charge in [0.25, 0.3) is 5.91 Å². The molecule has 0 unspecified atom stereocenters. The van der Waals surface area contributed by atoms with E-state index in [1.807, 2.05) is 13.8 Å². The molecule has 0 saturated carbocycles. The smallest absolute Gasteiger partial charge is 0.349 e. The van der Waals surface area contributed by atoms with Gasteiger partial charge in [-0.05, 0) is 93.0 Å². The van der Waals surface area contributed by atoms with Crippen LogP contribution < -0.4 is 31.6 Å². The maximum atomic E-state index is 15.0. The molecule has 7 amide bonds. The van der Waals surface area contributed by atoms with Crippen LogP contribution in [0.3, 0.4) is 0 Å². The molecule has 5 rings (SSSR count). The fraction of sp³-hybridized carbons (Fsp3) is 0.590. The minimum atomic E-state index is -1.81. The molecule has 0 bridgehead atoms. The number of hydrogen-bond donors (Lipinski definition) is 5. The first-order valence-corrected chi connectivity index (χ1v) is 28.9. The van der Waals surface area contributed by atoms with Crippen LogP contribution in [0, 0.1) is 29.6 Å². The SMILES string of the molecule is CC[C@H](C)[C@H]1NC(=O)[C@@H](NC(=O)[C@@H](CC(C)C)N(C)C(=O)CNC(=O)c2cc3ccccc3oc2=O)[C@H](C)OC(=O)[C@H](Cc2ccc(OC)cc2)N(C)C(=O)[C@@H]2CCCN2C(=O)[C@@H](CC(C)C)NC(=O)[C@@H](C)C(=O)[C@@H](C(C)C)OC(=O)C[C@H]1O. The molecular weight excluding hydrogens is 1090 g/mol. The topological polar surface area (TPSA) is 307 Å². The number of aliphatic hydroxyl groups excluding tert-OH is 1. The van der Waals surface area contributed by atoms with E-state index in [0.29, 0.717) is 29.5 Å². The number of esters is 2. The van der Waals surface area contributed by atoms with E-state index in [9.17, 15) is 53.1 Å². The number of hydrogen-bond acceptors (Lipinski definition) is 16. The zero-order valence-electron chi connectivity index (χ0n) is 50.6. The first-order valence-electron chi connectivity index (χ1n) is 28.9. The molecule has 2 aromatic carbocycles. The molecule has 460 valence electrons. The Morgan fingerprint density at radius 3 is 2.15 bits per heavy atom. The van der Waals surface area contributed by atoms with E-state index in [4.69, 9.17) is 18.6 Å². The summed E-state index contributed by atoms with van der Waals surface area (Å²) in [5, 5.41) is 22.9. The van der Waals surface area contributed by atoms with Crippen molar-refractivity contribution >= 4 is 70.0 Å². The van der Waals surface area contributed by atoms with Gasteiger partial charge < -0.3 is 59.7 Å². The first kappa shape index (κ1) is 67.1. The van der Waals surface area contributed by atoms with E-state index in [0.717, 1.165) is 4.90 Å². The molecule has 2 saturated heterocycles. The fourth-order valence-electron chi connectivity index (χ4n) is 10.4. The number of carbonyl (C=O) groups excluding carboxylic acids is 10. The maximum absolute atomic E-state index is 15.0. The Morgan fingerprint density at radius 1 is 0.869 bits per heavy atom. The number of nitrogens with one attached hydrogen (secondary N) is 4. The Kier molecular flexibility index (Phi) is 24.1. The molecule has 3 aromatic rings. The molecule has 2 aliphatic rings. The van der Waals surface area contributed by atoms with Crippen molar-refractivity contribution in [2.24, 2.45) is 29.6 Å². The molecule has 2 aliphatic heterocycles. The summed E-state index contributed by atoms with van der Waals surface area (Å²) in [4.78, 5) is 160. The van der Waals surface area contributed by atoms with E-state index >= 15 is 4.79 Å². The van der Waals surface area contributed by atoms with Crippen LogP contribution in [0.15, 0.2) is 63.8 Å². The third kappa shape index (κ3) is 17.2. The number of nitrogens with zero attached hydrogens (tertiary/aromatic N) is 3. The van der Waals surface area contributed by atoms with Crippen LogP contribution >= 0.6 is 0 Å². The predicted molar refractivity (Wildman–Crippen MR) is 309 cm³/mol. The number of benzene rings is 2. The molecule has 0 radical (unpaired) electrons. The van der Waals surface area contributed by atoms with Crippen molar-refractivity contribution in [2.45, 2.75) is 169 Å². The van der Waals surface area contributed by atoms with Crippen LogP contribution in [0.4, 0.5) is 0 Å². The third-order valence-electron chi connectivity index (χ3n) is 15.6. The van der Waals surface area contributed by atoms with Crippen LogP contribution in [-0.4, -0.2) is 168 Å². The lowest BCUT2D eigenvalue weighted by Crippen LogP contribution is -2.61. The van der Waals surface area contributed by atoms with Crippen molar-refractivity contribution < 1.29 is 71.7 Å². The number of likely N-dealkylation sites (N-methyl/N-ethyl adjacent to an activating group) is 2. The summed E-state index contributed by atoms with van der Waals surface area (Å²) < 4.78 is 22.5. The number of methoxy groups -OCH3 is 1. The van der Waals surface area contributed by atoms with Gasteiger partial charge in [0.2, 0.25) is 35.4 Å². The number of amides is 7.